The van der Waals surface area contributed by atoms with E-state index in [4.69, 9.17) is 9.47 Å². The lowest BCUT2D eigenvalue weighted by Crippen LogP contribution is -2.65. The van der Waals surface area contributed by atoms with E-state index in [2.05, 4.69) is 0 Å². The molecule has 8 heteroatoms. The first-order valence-electron chi connectivity index (χ1n) is 8.64. The number of esters is 2. The Hall–Kier alpha value is -2.78. The zero-order valence-electron chi connectivity index (χ0n) is 14.7. The van der Waals surface area contributed by atoms with Crippen LogP contribution >= 0.6 is 0 Å². The molecule has 4 N–H and O–H groups in total. The van der Waals surface area contributed by atoms with Crippen LogP contribution in [0.3, 0.4) is 0 Å². The second-order valence-corrected chi connectivity index (χ2v) is 6.43. The minimum Gasteiger partial charge on any atom is -0.453 e. The second kappa shape index (κ2) is 8.49. The molecular formula is C20H20O8. The predicted molar refractivity (Wildman–Crippen MR) is 95.3 cm³/mol. The van der Waals surface area contributed by atoms with Crippen LogP contribution in [0.15, 0.2) is 60.7 Å². The summed E-state index contributed by atoms with van der Waals surface area (Å²) in [7, 11) is 0. The molecule has 148 valence electrons. The zero-order chi connectivity index (χ0) is 20.3. The fourth-order valence-corrected chi connectivity index (χ4v) is 2.99. The lowest BCUT2D eigenvalue weighted by atomic mass is 9.84. The summed E-state index contributed by atoms with van der Waals surface area (Å²) in [5.74, 6) is -1.69. The fourth-order valence-electron chi connectivity index (χ4n) is 2.99. The van der Waals surface area contributed by atoms with Crippen molar-refractivity contribution in [1.29, 1.82) is 0 Å². The van der Waals surface area contributed by atoms with Gasteiger partial charge in [-0.15, -0.1) is 0 Å². The highest BCUT2D eigenvalue weighted by Crippen LogP contribution is 2.27. The molecule has 1 aliphatic rings. The summed E-state index contributed by atoms with van der Waals surface area (Å²) in [5.41, 5.74) is 0.334. The van der Waals surface area contributed by atoms with Gasteiger partial charge < -0.3 is 29.9 Å². The van der Waals surface area contributed by atoms with Gasteiger partial charge in [-0.05, 0) is 24.3 Å². The van der Waals surface area contributed by atoms with Gasteiger partial charge in [0.05, 0.1) is 11.1 Å². The smallest absolute Gasteiger partial charge is 0.338 e. The monoisotopic (exact) mass is 388 g/mol. The third-order valence-corrected chi connectivity index (χ3v) is 4.55. The molecule has 0 heterocycles. The van der Waals surface area contributed by atoms with Gasteiger partial charge in [0.25, 0.3) is 0 Å². The molecule has 0 amide bonds. The van der Waals surface area contributed by atoms with Crippen molar-refractivity contribution in [2.24, 2.45) is 0 Å². The largest absolute Gasteiger partial charge is 0.453 e. The number of aliphatic hydroxyl groups is 4. The molecule has 0 radical (unpaired) electrons. The van der Waals surface area contributed by atoms with Gasteiger partial charge >= 0.3 is 11.9 Å². The summed E-state index contributed by atoms with van der Waals surface area (Å²) >= 11 is 0. The van der Waals surface area contributed by atoms with Crippen LogP contribution in [0.2, 0.25) is 0 Å². The molecule has 0 aromatic heterocycles. The molecular weight excluding hydrogens is 368 g/mol. The van der Waals surface area contributed by atoms with Gasteiger partial charge in [0.15, 0.2) is 12.2 Å². The van der Waals surface area contributed by atoms with Crippen LogP contribution in [0.25, 0.3) is 0 Å². The lowest BCUT2D eigenvalue weighted by Gasteiger charge is -2.42. The number of benzene rings is 2. The number of ether oxygens (including phenoxy) is 2. The topological polar surface area (TPSA) is 134 Å². The van der Waals surface area contributed by atoms with E-state index < -0.39 is 48.6 Å². The van der Waals surface area contributed by atoms with E-state index in [-0.39, 0.29) is 11.1 Å². The van der Waals surface area contributed by atoms with Crippen molar-refractivity contribution in [3.05, 3.63) is 71.8 Å². The van der Waals surface area contributed by atoms with Crippen molar-refractivity contribution in [3.63, 3.8) is 0 Å². The Kier molecular flexibility index (Phi) is 6.05. The van der Waals surface area contributed by atoms with Crippen LogP contribution in [0.1, 0.15) is 20.7 Å². The average molecular weight is 388 g/mol. The molecule has 1 fully saturated rings. The fraction of sp³-hybridized carbons (Fsp3) is 0.300. The Morgan fingerprint density at radius 3 is 1.29 bits per heavy atom. The Balaban J connectivity index is 1.77. The molecule has 2 aromatic rings. The summed E-state index contributed by atoms with van der Waals surface area (Å²) in [6, 6.07) is 15.7. The number of aliphatic hydroxyl groups excluding tert-OH is 4. The molecule has 0 bridgehead atoms. The summed E-state index contributed by atoms with van der Waals surface area (Å²) in [6.45, 7) is 0. The standard InChI is InChI=1S/C20H20O8/c21-13-14(22)17(27-19(25)11-7-3-1-4-8-11)16(24)18(15(13)23)28-20(26)12-9-5-2-6-10-12/h1-10,13-18,21-24H/t13?,14-,15+,16?,17-,18-/m0/s1. The minimum atomic E-state index is -1.80. The first-order valence-corrected chi connectivity index (χ1v) is 8.64. The Labute approximate surface area is 160 Å². The van der Waals surface area contributed by atoms with Crippen molar-refractivity contribution < 1.29 is 39.5 Å². The maximum atomic E-state index is 12.2. The third-order valence-electron chi connectivity index (χ3n) is 4.55. The van der Waals surface area contributed by atoms with Gasteiger partial charge in [-0.25, -0.2) is 9.59 Å². The van der Waals surface area contributed by atoms with E-state index in [1.807, 2.05) is 0 Å². The number of carbonyl (C=O) groups is 2. The highest BCUT2D eigenvalue weighted by Gasteiger charge is 2.52. The van der Waals surface area contributed by atoms with Crippen LogP contribution in [-0.2, 0) is 9.47 Å². The lowest BCUT2D eigenvalue weighted by molar-refractivity contribution is -0.223. The van der Waals surface area contributed by atoms with Crippen molar-refractivity contribution in [1.82, 2.24) is 0 Å². The zero-order valence-corrected chi connectivity index (χ0v) is 14.7. The molecule has 2 aromatic carbocycles. The van der Waals surface area contributed by atoms with Gasteiger partial charge in [-0.2, -0.15) is 0 Å². The Bertz CT molecular complexity index is 742. The number of hydrogen-bond donors (Lipinski definition) is 4. The molecule has 3 rings (SSSR count). The quantitative estimate of drug-likeness (QED) is 0.534. The summed E-state index contributed by atoms with van der Waals surface area (Å²) in [6.07, 6.45) is -10.3. The molecule has 1 saturated carbocycles. The third kappa shape index (κ3) is 4.05. The molecule has 6 atom stereocenters. The van der Waals surface area contributed by atoms with Crippen molar-refractivity contribution in [2.75, 3.05) is 0 Å². The molecule has 0 saturated heterocycles. The number of hydrogen-bond acceptors (Lipinski definition) is 8. The van der Waals surface area contributed by atoms with E-state index in [0.717, 1.165) is 0 Å². The second-order valence-electron chi connectivity index (χ2n) is 6.43. The number of rotatable bonds is 4. The summed E-state index contributed by atoms with van der Waals surface area (Å²) in [4.78, 5) is 24.5. The predicted octanol–water partition coefficient (Wildman–Crippen LogP) is -0.105. The van der Waals surface area contributed by atoms with Gasteiger partial charge in [-0.3, -0.25) is 0 Å². The van der Waals surface area contributed by atoms with E-state index in [1.165, 1.54) is 24.3 Å². The van der Waals surface area contributed by atoms with Crippen molar-refractivity contribution in [3.8, 4) is 0 Å². The van der Waals surface area contributed by atoms with Gasteiger partial charge in [0, 0.05) is 0 Å². The number of carbonyl (C=O) groups excluding carboxylic acids is 2. The van der Waals surface area contributed by atoms with Crippen LogP contribution in [0.4, 0.5) is 0 Å². The highest BCUT2D eigenvalue weighted by atomic mass is 16.6. The average Bonchev–Trinajstić information content (AvgIpc) is 2.73. The maximum Gasteiger partial charge on any atom is 0.338 e. The first-order chi connectivity index (χ1) is 13.4. The summed E-state index contributed by atoms with van der Waals surface area (Å²) in [5, 5.41) is 40.9. The SMILES string of the molecule is O=C(O[C@@H]1C(O)[C@@H](OC(=O)c2ccccc2)[C@@H](O)C(O)[C@H]1O)c1ccccc1. The van der Waals surface area contributed by atoms with Crippen LogP contribution in [-0.4, -0.2) is 69.0 Å². The Morgan fingerprint density at radius 1 is 0.571 bits per heavy atom. The molecule has 1 aliphatic carbocycles. The van der Waals surface area contributed by atoms with Crippen molar-refractivity contribution in [2.45, 2.75) is 36.6 Å². The van der Waals surface area contributed by atoms with E-state index >= 15 is 0 Å². The molecule has 2 unspecified atom stereocenters. The maximum absolute atomic E-state index is 12.2. The van der Waals surface area contributed by atoms with Crippen LogP contribution in [0.5, 0.6) is 0 Å². The highest BCUT2D eigenvalue weighted by molar-refractivity contribution is 5.90. The molecule has 8 nitrogen and oxygen atoms in total. The van der Waals surface area contributed by atoms with Gasteiger partial charge in [0.2, 0.25) is 0 Å². The molecule has 28 heavy (non-hydrogen) atoms. The minimum absolute atomic E-state index is 0.167. The van der Waals surface area contributed by atoms with E-state index in [0.29, 0.717) is 0 Å². The van der Waals surface area contributed by atoms with Gasteiger partial charge in [-0.1, -0.05) is 36.4 Å². The molecule has 0 spiro atoms. The summed E-state index contributed by atoms with van der Waals surface area (Å²) < 4.78 is 10.3. The first kappa shape index (κ1) is 20.0. The molecule has 0 aliphatic heterocycles. The van der Waals surface area contributed by atoms with Gasteiger partial charge in [0.1, 0.15) is 24.4 Å². The van der Waals surface area contributed by atoms with Crippen LogP contribution < -0.4 is 0 Å². The Morgan fingerprint density at radius 2 is 0.929 bits per heavy atom. The van der Waals surface area contributed by atoms with E-state index in [1.54, 1.807) is 36.4 Å². The van der Waals surface area contributed by atoms with Crippen LogP contribution in [0, 0.1) is 0 Å². The van der Waals surface area contributed by atoms with E-state index in [9.17, 15) is 30.0 Å². The normalized spacial score (nSPS) is 29.7. The van der Waals surface area contributed by atoms with Crippen molar-refractivity contribution >= 4 is 11.9 Å².